The fraction of sp³-hybridized carbons (Fsp3) is 1.00. The first-order valence-corrected chi connectivity index (χ1v) is 13.8. The van der Waals surface area contributed by atoms with Crippen molar-refractivity contribution in [1.29, 1.82) is 0 Å². The summed E-state index contributed by atoms with van der Waals surface area (Å²) in [5.41, 5.74) is 2.42. The molecule has 5 aliphatic carbocycles. The fourth-order valence-electron chi connectivity index (χ4n) is 11.0. The first-order valence-electron chi connectivity index (χ1n) is 13.8. The zero-order chi connectivity index (χ0) is 21.5. The molecular weight excluding hydrogens is 364 g/mol. The number of rotatable bonds is 5. The van der Waals surface area contributed by atoms with E-state index in [2.05, 4.69) is 41.5 Å². The number of aliphatic hydroxyl groups excluding tert-OH is 1. The monoisotopic (exact) mass is 414 g/mol. The van der Waals surface area contributed by atoms with Crippen LogP contribution in [0.5, 0.6) is 0 Å². The molecule has 1 heteroatoms. The van der Waals surface area contributed by atoms with E-state index in [1.54, 1.807) is 0 Å². The molecule has 0 bridgehead atoms. The highest BCUT2D eigenvalue weighted by atomic mass is 16.3. The van der Waals surface area contributed by atoms with E-state index in [4.69, 9.17) is 0 Å². The van der Waals surface area contributed by atoms with Gasteiger partial charge in [0, 0.05) is 0 Å². The Hall–Kier alpha value is -0.0400. The van der Waals surface area contributed by atoms with Crippen molar-refractivity contribution < 1.29 is 5.11 Å². The van der Waals surface area contributed by atoms with Gasteiger partial charge in [0.1, 0.15) is 0 Å². The van der Waals surface area contributed by atoms with Crippen molar-refractivity contribution in [3.8, 4) is 0 Å². The van der Waals surface area contributed by atoms with E-state index in [1.807, 2.05) is 0 Å². The lowest BCUT2D eigenvalue weighted by Gasteiger charge is -2.62. The van der Waals surface area contributed by atoms with Gasteiger partial charge in [0.2, 0.25) is 0 Å². The minimum atomic E-state index is -0.0261. The molecule has 0 heterocycles. The van der Waals surface area contributed by atoms with Crippen LogP contribution in [-0.4, -0.2) is 11.2 Å². The molecule has 0 radical (unpaired) electrons. The molecule has 1 N–H and O–H groups in total. The molecule has 1 nitrogen and oxygen atoms in total. The van der Waals surface area contributed by atoms with Crippen LogP contribution in [-0.2, 0) is 0 Å². The van der Waals surface area contributed by atoms with Crippen molar-refractivity contribution in [2.75, 3.05) is 0 Å². The Morgan fingerprint density at radius 3 is 2.33 bits per heavy atom. The van der Waals surface area contributed by atoms with Gasteiger partial charge in [0.25, 0.3) is 0 Å². The van der Waals surface area contributed by atoms with Gasteiger partial charge < -0.3 is 5.11 Å². The van der Waals surface area contributed by atoms with Gasteiger partial charge in [-0.3, -0.25) is 0 Å². The zero-order valence-electron chi connectivity index (χ0n) is 21.0. The number of hydrogen-bond acceptors (Lipinski definition) is 1. The normalized spacial score (nSPS) is 55.4. The second kappa shape index (κ2) is 6.98. The van der Waals surface area contributed by atoms with Crippen molar-refractivity contribution in [3.63, 3.8) is 0 Å². The van der Waals surface area contributed by atoms with Crippen molar-refractivity contribution in [1.82, 2.24) is 0 Å². The van der Waals surface area contributed by atoms with Gasteiger partial charge in [-0.15, -0.1) is 0 Å². The average molecular weight is 415 g/mol. The van der Waals surface area contributed by atoms with E-state index in [1.165, 1.54) is 70.6 Å². The van der Waals surface area contributed by atoms with Crippen LogP contribution in [0.1, 0.15) is 119 Å². The third-order valence-electron chi connectivity index (χ3n) is 12.9. The van der Waals surface area contributed by atoms with E-state index in [-0.39, 0.29) is 6.10 Å². The zero-order valence-corrected chi connectivity index (χ0v) is 21.0. The molecule has 5 fully saturated rings. The van der Waals surface area contributed by atoms with E-state index in [9.17, 15) is 5.11 Å². The van der Waals surface area contributed by atoms with Crippen LogP contribution in [0.3, 0.4) is 0 Å². The summed E-state index contributed by atoms with van der Waals surface area (Å²) in [5, 5.41) is 10.6. The lowest BCUT2D eigenvalue weighted by Crippen LogP contribution is -2.55. The molecule has 5 aliphatic rings. The molecule has 0 unspecified atom stereocenters. The van der Waals surface area contributed by atoms with Gasteiger partial charge in [-0.05, 0) is 115 Å². The van der Waals surface area contributed by atoms with Crippen molar-refractivity contribution in [2.24, 2.45) is 57.2 Å². The summed E-state index contributed by atoms with van der Waals surface area (Å²) in [6.07, 6.45) is 17.1. The number of aliphatic hydroxyl groups is 1. The van der Waals surface area contributed by atoms with Crippen LogP contribution in [0.2, 0.25) is 0 Å². The minimum Gasteiger partial charge on any atom is -0.393 e. The lowest BCUT2D eigenvalue weighted by molar-refractivity contribution is -0.142. The summed E-state index contributed by atoms with van der Waals surface area (Å²) in [6, 6.07) is 0. The van der Waals surface area contributed by atoms with E-state index < -0.39 is 0 Å². The van der Waals surface area contributed by atoms with Gasteiger partial charge in [-0.25, -0.2) is 0 Å². The predicted octanol–water partition coefficient (Wildman–Crippen LogP) is 7.86. The number of hydrogen-bond donors (Lipinski definition) is 1. The first-order chi connectivity index (χ1) is 14.1. The summed E-state index contributed by atoms with van der Waals surface area (Å²) in [6.45, 7) is 15.2. The van der Waals surface area contributed by atoms with Crippen molar-refractivity contribution in [2.45, 2.75) is 125 Å². The summed E-state index contributed by atoms with van der Waals surface area (Å²) >= 11 is 0. The first kappa shape index (κ1) is 21.8. The van der Waals surface area contributed by atoms with Gasteiger partial charge in [-0.1, -0.05) is 60.8 Å². The molecule has 2 spiro atoms. The maximum absolute atomic E-state index is 10.6. The highest BCUT2D eigenvalue weighted by Crippen LogP contribution is 2.88. The lowest BCUT2D eigenvalue weighted by atomic mass is 9.43. The topological polar surface area (TPSA) is 20.2 Å². The SMILES string of the molecule is CC(C)CCC[C@@H](C)[C@@H]1CC[C@]2(C)[C@@H]3CC[C@@H]4[C@@H](C)[C@@H](O)CC[C@@]45C[C@@]35CC[C@]12C. The molecule has 0 aromatic rings. The van der Waals surface area contributed by atoms with Crippen LogP contribution in [0.4, 0.5) is 0 Å². The highest BCUT2D eigenvalue weighted by molar-refractivity contribution is 5.29. The molecular formula is C29H50O. The quantitative estimate of drug-likeness (QED) is 0.485. The molecule has 172 valence electrons. The Kier molecular flexibility index (Phi) is 5.07. The Morgan fingerprint density at radius 1 is 0.833 bits per heavy atom. The summed E-state index contributed by atoms with van der Waals surface area (Å²) in [4.78, 5) is 0. The van der Waals surface area contributed by atoms with Gasteiger partial charge in [-0.2, -0.15) is 0 Å². The second-order valence-electron chi connectivity index (χ2n) is 14.0. The maximum atomic E-state index is 10.6. The number of fused-ring (bicyclic) bond motifs is 2. The van der Waals surface area contributed by atoms with E-state index in [0.29, 0.717) is 27.6 Å². The van der Waals surface area contributed by atoms with Crippen molar-refractivity contribution in [3.05, 3.63) is 0 Å². The highest BCUT2D eigenvalue weighted by Gasteiger charge is 2.81. The molecule has 0 aromatic carbocycles. The molecule has 0 amide bonds. The molecule has 30 heavy (non-hydrogen) atoms. The Labute approximate surface area is 187 Å². The Bertz CT molecular complexity index is 669. The Balaban J connectivity index is 1.37. The summed E-state index contributed by atoms with van der Waals surface area (Å²) < 4.78 is 0. The third kappa shape index (κ3) is 2.63. The predicted molar refractivity (Wildman–Crippen MR) is 126 cm³/mol. The molecule has 0 aliphatic heterocycles. The summed E-state index contributed by atoms with van der Waals surface area (Å²) in [5.74, 6) is 5.03. The average Bonchev–Trinajstić information content (AvgIpc) is 3.27. The standard InChI is InChI=1S/C29H50O/c1-19(2)8-7-9-20(3)22-12-14-27(6)25-11-10-23-21(4)24(30)13-15-28(23)18-29(25,28)17-16-26(22,27)5/h19-25,30H,7-18H2,1-6H3/t20-,21-,22+,23-,24+,25+,26-,27-,28-,29+/m1/s1. The largest absolute Gasteiger partial charge is 0.393 e. The van der Waals surface area contributed by atoms with Crippen LogP contribution < -0.4 is 0 Å². The van der Waals surface area contributed by atoms with Crippen LogP contribution in [0.25, 0.3) is 0 Å². The molecule has 5 saturated carbocycles. The second-order valence-corrected chi connectivity index (χ2v) is 14.0. The fourth-order valence-corrected chi connectivity index (χ4v) is 11.0. The van der Waals surface area contributed by atoms with Crippen LogP contribution >= 0.6 is 0 Å². The van der Waals surface area contributed by atoms with E-state index >= 15 is 0 Å². The molecule has 0 aromatic heterocycles. The van der Waals surface area contributed by atoms with E-state index in [0.717, 1.165) is 36.0 Å². The van der Waals surface area contributed by atoms with Gasteiger partial charge in [0.15, 0.2) is 0 Å². The Morgan fingerprint density at radius 2 is 1.60 bits per heavy atom. The smallest absolute Gasteiger partial charge is 0.0568 e. The summed E-state index contributed by atoms with van der Waals surface area (Å²) in [7, 11) is 0. The molecule has 5 rings (SSSR count). The molecule has 10 atom stereocenters. The third-order valence-corrected chi connectivity index (χ3v) is 12.9. The van der Waals surface area contributed by atoms with Gasteiger partial charge in [0.05, 0.1) is 6.10 Å². The van der Waals surface area contributed by atoms with Crippen LogP contribution in [0, 0.1) is 57.2 Å². The molecule has 0 saturated heterocycles. The minimum absolute atomic E-state index is 0.0261. The van der Waals surface area contributed by atoms with Crippen LogP contribution in [0.15, 0.2) is 0 Å². The maximum Gasteiger partial charge on any atom is 0.0568 e. The van der Waals surface area contributed by atoms with Gasteiger partial charge >= 0.3 is 0 Å². The van der Waals surface area contributed by atoms with Crippen molar-refractivity contribution >= 4 is 0 Å².